The Morgan fingerprint density at radius 3 is 2.05 bits per heavy atom. The molecule has 1 saturated carbocycles. The molecule has 0 heterocycles. The van der Waals surface area contributed by atoms with Crippen LogP contribution in [0.4, 0.5) is 11.4 Å². The minimum Gasteiger partial charge on any atom is -0.399 e. The van der Waals surface area contributed by atoms with E-state index in [1.54, 1.807) is 36.4 Å². The van der Waals surface area contributed by atoms with Crippen LogP contribution in [-0.4, -0.2) is 12.7 Å². The fourth-order valence-corrected chi connectivity index (χ4v) is 4.37. The summed E-state index contributed by atoms with van der Waals surface area (Å²) < 4.78 is 5.99. The summed E-state index contributed by atoms with van der Waals surface area (Å²) in [5.74, 6) is 2.21. The van der Waals surface area contributed by atoms with E-state index in [0.29, 0.717) is 40.6 Å². The number of hydrogen-bond acceptors (Lipinski definition) is 7. The summed E-state index contributed by atoms with van der Waals surface area (Å²) >= 11 is 0. The molecule has 0 amide bonds. The van der Waals surface area contributed by atoms with Crippen molar-refractivity contribution in [1.82, 2.24) is 0 Å². The van der Waals surface area contributed by atoms with E-state index in [4.69, 9.17) is 35.8 Å². The molecule has 0 bridgehead atoms. The van der Waals surface area contributed by atoms with Crippen molar-refractivity contribution in [1.29, 1.82) is 0 Å². The molecule has 0 spiro atoms. The lowest BCUT2D eigenvalue weighted by atomic mass is 9.83. The second-order valence-corrected chi connectivity index (χ2v) is 9.32. The van der Waals surface area contributed by atoms with Crippen LogP contribution in [0.25, 0.3) is 6.08 Å². The minimum atomic E-state index is 0.427. The van der Waals surface area contributed by atoms with Crippen LogP contribution in [0, 0.1) is 0 Å². The zero-order valence-corrected chi connectivity index (χ0v) is 21.3. The Morgan fingerprint density at radius 2 is 1.38 bits per heavy atom. The highest BCUT2D eigenvalue weighted by Crippen LogP contribution is 2.34. The zero-order chi connectivity index (χ0) is 25.9. The summed E-state index contributed by atoms with van der Waals surface area (Å²) in [5, 5.41) is 0. The number of nitrogen functional groups attached to an aromatic ring is 2. The number of benzene rings is 3. The van der Waals surface area contributed by atoms with Gasteiger partial charge in [-0.1, -0.05) is 37.6 Å². The molecule has 0 aliphatic heterocycles. The molecule has 7 nitrogen and oxygen atoms in total. The van der Waals surface area contributed by atoms with E-state index in [-0.39, 0.29) is 0 Å². The summed E-state index contributed by atoms with van der Waals surface area (Å²) in [7, 11) is 0. The number of anilines is 2. The second kappa shape index (κ2) is 13.5. The third-order valence-electron chi connectivity index (χ3n) is 6.40. The Kier molecular flexibility index (Phi) is 9.54. The molecule has 3 aromatic carbocycles. The van der Waals surface area contributed by atoms with Gasteiger partial charge in [0, 0.05) is 30.1 Å². The first kappa shape index (κ1) is 26.2. The van der Waals surface area contributed by atoms with Crippen molar-refractivity contribution in [2.24, 2.45) is 0 Å². The molecule has 3 aromatic rings. The van der Waals surface area contributed by atoms with Gasteiger partial charge in [-0.3, -0.25) is 19.6 Å². The van der Waals surface area contributed by atoms with E-state index in [1.165, 1.54) is 31.1 Å². The van der Waals surface area contributed by atoms with Crippen molar-refractivity contribution in [3.8, 4) is 17.2 Å². The summed E-state index contributed by atoms with van der Waals surface area (Å²) in [6, 6.07) is 20.4. The van der Waals surface area contributed by atoms with Gasteiger partial charge in [0.15, 0.2) is 17.2 Å². The molecule has 37 heavy (non-hydrogen) atoms. The Balaban J connectivity index is 1.17. The van der Waals surface area contributed by atoms with E-state index in [9.17, 15) is 0 Å². The van der Waals surface area contributed by atoms with Crippen molar-refractivity contribution >= 4 is 17.5 Å². The number of unbranched alkanes of at least 4 members (excludes halogenated alkanes) is 1. The molecule has 1 aliphatic rings. The SMILES string of the molecule is CCCCOC1CCC(c2ccc(OO/C=C/c3ccc(OOc4cc(N)cc(N)c4)cc3)cc2)CC1. The average Bonchev–Trinajstić information content (AvgIpc) is 2.91. The van der Waals surface area contributed by atoms with Crippen LogP contribution in [0.2, 0.25) is 0 Å². The van der Waals surface area contributed by atoms with Gasteiger partial charge in [0.05, 0.1) is 6.10 Å². The van der Waals surface area contributed by atoms with Crippen molar-refractivity contribution in [2.75, 3.05) is 18.1 Å². The van der Waals surface area contributed by atoms with Gasteiger partial charge in [0.1, 0.15) is 6.26 Å². The minimum absolute atomic E-state index is 0.427. The molecular formula is C30H36N2O5. The van der Waals surface area contributed by atoms with Gasteiger partial charge in [0.25, 0.3) is 0 Å². The Labute approximate surface area is 218 Å². The largest absolute Gasteiger partial charge is 0.399 e. The number of ether oxygens (including phenoxy) is 1. The van der Waals surface area contributed by atoms with Gasteiger partial charge in [-0.25, -0.2) is 0 Å². The van der Waals surface area contributed by atoms with E-state index in [1.807, 2.05) is 24.3 Å². The highest BCUT2D eigenvalue weighted by atomic mass is 17.2. The Morgan fingerprint density at radius 1 is 0.757 bits per heavy atom. The quantitative estimate of drug-likeness (QED) is 0.0896. The topological polar surface area (TPSA) is 98.2 Å². The summed E-state index contributed by atoms with van der Waals surface area (Å²) in [6.45, 7) is 3.09. The van der Waals surface area contributed by atoms with Crippen molar-refractivity contribution in [3.63, 3.8) is 0 Å². The maximum atomic E-state index is 5.99. The molecule has 196 valence electrons. The maximum absolute atomic E-state index is 5.99. The standard InChI is InChI=1S/C30H36N2O5/c1-2-3-17-33-27-12-6-23(7-13-27)24-8-14-28(15-9-24)35-34-18-16-22-4-10-29(11-5-22)36-37-30-20-25(31)19-26(32)21-30/h4-5,8-11,14-16,18-21,23,27H,2-3,6-7,12-13,17,31-32H2,1H3/b18-16+. The summed E-state index contributed by atoms with van der Waals surface area (Å²) in [6.07, 6.45) is 10.7. The first-order chi connectivity index (χ1) is 18.1. The van der Waals surface area contributed by atoms with Gasteiger partial charge in [-0.2, -0.15) is 0 Å². The van der Waals surface area contributed by atoms with Gasteiger partial charge in [-0.15, -0.1) is 0 Å². The van der Waals surface area contributed by atoms with Crippen LogP contribution in [0.5, 0.6) is 17.2 Å². The highest BCUT2D eigenvalue weighted by molar-refractivity contribution is 5.56. The molecule has 0 unspecified atom stereocenters. The first-order valence-corrected chi connectivity index (χ1v) is 12.9. The van der Waals surface area contributed by atoms with Crippen molar-refractivity contribution in [3.05, 3.63) is 84.1 Å². The molecule has 4 rings (SSSR count). The van der Waals surface area contributed by atoms with Gasteiger partial charge in [0.2, 0.25) is 0 Å². The predicted molar refractivity (Wildman–Crippen MR) is 146 cm³/mol. The molecule has 0 aromatic heterocycles. The van der Waals surface area contributed by atoms with Gasteiger partial charge in [-0.05, 0) is 85.6 Å². The molecule has 0 saturated heterocycles. The third kappa shape index (κ3) is 8.36. The maximum Gasteiger partial charge on any atom is 0.182 e. The van der Waals surface area contributed by atoms with Gasteiger partial charge < -0.3 is 16.2 Å². The van der Waals surface area contributed by atoms with E-state index in [0.717, 1.165) is 31.4 Å². The van der Waals surface area contributed by atoms with E-state index in [2.05, 4.69) is 19.1 Å². The summed E-state index contributed by atoms with van der Waals surface area (Å²) in [5.41, 5.74) is 14.8. The lowest BCUT2D eigenvalue weighted by molar-refractivity contribution is -0.148. The second-order valence-electron chi connectivity index (χ2n) is 9.32. The monoisotopic (exact) mass is 504 g/mol. The smallest absolute Gasteiger partial charge is 0.182 e. The number of rotatable bonds is 12. The molecule has 0 radical (unpaired) electrons. The normalized spacial score (nSPS) is 17.4. The molecule has 1 fully saturated rings. The lowest BCUT2D eigenvalue weighted by Gasteiger charge is -2.29. The van der Waals surface area contributed by atoms with Crippen LogP contribution < -0.4 is 26.1 Å². The average molecular weight is 505 g/mol. The van der Waals surface area contributed by atoms with E-state index < -0.39 is 0 Å². The predicted octanol–water partition coefficient (Wildman–Crippen LogP) is 7.05. The molecule has 4 N–H and O–H groups in total. The van der Waals surface area contributed by atoms with Crippen molar-refractivity contribution in [2.45, 2.75) is 57.5 Å². The molecule has 7 heteroatoms. The van der Waals surface area contributed by atoms with Crippen LogP contribution in [0.15, 0.2) is 73.0 Å². The number of hydrogen-bond donors (Lipinski definition) is 2. The van der Waals surface area contributed by atoms with Crippen LogP contribution in [0.1, 0.15) is 62.5 Å². The molecular weight excluding hydrogens is 468 g/mol. The Hall–Kier alpha value is -3.84. The van der Waals surface area contributed by atoms with Crippen molar-refractivity contribution < 1.29 is 24.3 Å². The first-order valence-electron chi connectivity index (χ1n) is 12.9. The fourth-order valence-electron chi connectivity index (χ4n) is 4.37. The van der Waals surface area contributed by atoms with Crippen LogP contribution in [0.3, 0.4) is 0 Å². The highest BCUT2D eigenvalue weighted by Gasteiger charge is 2.22. The molecule has 0 atom stereocenters. The zero-order valence-electron chi connectivity index (χ0n) is 21.3. The fraction of sp³-hybridized carbons (Fsp3) is 0.333. The Bertz CT molecular complexity index is 1100. The van der Waals surface area contributed by atoms with Crippen LogP contribution in [-0.2, 0) is 9.62 Å². The number of nitrogens with two attached hydrogens (primary N) is 2. The third-order valence-corrected chi connectivity index (χ3v) is 6.40. The van der Waals surface area contributed by atoms with E-state index >= 15 is 0 Å². The van der Waals surface area contributed by atoms with Crippen LogP contribution >= 0.6 is 0 Å². The molecule has 1 aliphatic carbocycles. The summed E-state index contributed by atoms with van der Waals surface area (Å²) in [4.78, 5) is 21.3. The lowest BCUT2D eigenvalue weighted by Crippen LogP contribution is -2.21. The van der Waals surface area contributed by atoms with Gasteiger partial charge >= 0.3 is 0 Å².